The summed E-state index contributed by atoms with van der Waals surface area (Å²) in [6.07, 6.45) is 1.34. The predicted octanol–water partition coefficient (Wildman–Crippen LogP) is 4.73. The van der Waals surface area contributed by atoms with Crippen LogP contribution in [0.15, 0.2) is 59.7 Å². The number of hydrogen-bond donors (Lipinski definition) is 3. The number of para-hydroxylation sites is 1. The first-order valence-electron chi connectivity index (χ1n) is 10.9. The summed E-state index contributed by atoms with van der Waals surface area (Å²) in [4.78, 5) is 36.6. The fraction of sp³-hybridized carbons (Fsp3) is 0.154. The monoisotopic (exact) mass is 542 g/mol. The number of nitrogens with one attached hydrogen (secondary N) is 3. The zero-order chi connectivity index (χ0) is 26.9. The van der Waals surface area contributed by atoms with E-state index in [0.717, 1.165) is 11.1 Å². The minimum Gasteiger partial charge on any atom is -0.493 e. The third-order valence-electron chi connectivity index (χ3n) is 5.00. The number of carbonyl (C=O) groups excluding carboxylic acids is 3. The molecule has 0 bridgehead atoms. The molecule has 0 saturated heterocycles. The molecule has 9 nitrogen and oxygen atoms in total. The van der Waals surface area contributed by atoms with Crippen molar-refractivity contribution in [2.24, 2.45) is 5.10 Å². The van der Waals surface area contributed by atoms with Gasteiger partial charge in [0.05, 0.1) is 13.3 Å². The van der Waals surface area contributed by atoms with Gasteiger partial charge in [0.2, 0.25) is 0 Å². The van der Waals surface area contributed by atoms with E-state index in [-0.39, 0.29) is 6.61 Å². The highest BCUT2D eigenvalue weighted by molar-refractivity contribution is 6.39. The molecule has 3 rings (SSSR count). The lowest BCUT2D eigenvalue weighted by Crippen LogP contribution is -2.32. The lowest BCUT2D eigenvalue weighted by Gasteiger charge is -2.12. The third-order valence-corrected chi connectivity index (χ3v) is 5.43. The molecule has 0 aliphatic carbocycles. The second kappa shape index (κ2) is 12.8. The Morgan fingerprint density at radius 3 is 2.22 bits per heavy atom. The van der Waals surface area contributed by atoms with Crippen molar-refractivity contribution in [1.82, 2.24) is 5.43 Å². The van der Waals surface area contributed by atoms with Crippen molar-refractivity contribution in [3.05, 3.63) is 81.3 Å². The molecule has 0 fully saturated rings. The van der Waals surface area contributed by atoms with Crippen molar-refractivity contribution < 1.29 is 23.9 Å². The number of carbonyl (C=O) groups is 3. The van der Waals surface area contributed by atoms with Gasteiger partial charge in [0, 0.05) is 21.4 Å². The Bertz CT molecular complexity index is 1320. The fourth-order valence-electron chi connectivity index (χ4n) is 3.25. The number of anilines is 2. The van der Waals surface area contributed by atoms with E-state index in [0.29, 0.717) is 38.5 Å². The minimum atomic E-state index is -0.919. The Morgan fingerprint density at radius 2 is 1.57 bits per heavy atom. The first-order chi connectivity index (χ1) is 17.7. The van der Waals surface area contributed by atoms with Gasteiger partial charge in [0.15, 0.2) is 18.1 Å². The largest absolute Gasteiger partial charge is 0.493 e. The van der Waals surface area contributed by atoms with Crippen molar-refractivity contribution >= 4 is 58.5 Å². The highest BCUT2D eigenvalue weighted by Gasteiger charge is 2.15. The van der Waals surface area contributed by atoms with E-state index in [9.17, 15) is 14.4 Å². The molecule has 3 aromatic carbocycles. The van der Waals surface area contributed by atoms with Crippen LogP contribution in [0.1, 0.15) is 16.7 Å². The summed E-state index contributed by atoms with van der Waals surface area (Å²) < 4.78 is 10.9. The molecule has 37 heavy (non-hydrogen) atoms. The summed E-state index contributed by atoms with van der Waals surface area (Å²) in [5.41, 5.74) is 5.44. The van der Waals surface area contributed by atoms with Gasteiger partial charge in [-0.25, -0.2) is 5.43 Å². The predicted molar refractivity (Wildman–Crippen MR) is 144 cm³/mol. The molecular formula is C26H24Cl2N4O5. The SMILES string of the molecule is COc1cc(/C=N\NC(=O)C(=O)Nc2c(C)cccc2C)ccc1OCC(=O)Nc1cc(Cl)cc(Cl)c1. The van der Waals surface area contributed by atoms with E-state index >= 15 is 0 Å². The molecule has 3 amide bonds. The number of halogens is 2. The smallest absolute Gasteiger partial charge is 0.329 e. The molecule has 0 spiro atoms. The van der Waals surface area contributed by atoms with Gasteiger partial charge < -0.3 is 20.1 Å². The second-order valence-electron chi connectivity index (χ2n) is 7.83. The number of ether oxygens (including phenoxy) is 2. The first kappa shape index (κ1) is 27.5. The van der Waals surface area contributed by atoms with Gasteiger partial charge in [-0.05, 0) is 66.9 Å². The molecule has 3 aromatic rings. The summed E-state index contributed by atoms with van der Waals surface area (Å²) in [5, 5.41) is 9.83. The van der Waals surface area contributed by atoms with Crippen molar-refractivity contribution in [1.29, 1.82) is 0 Å². The maximum atomic E-state index is 12.2. The number of benzene rings is 3. The Morgan fingerprint density at radius 1 is 0.892 bits per heavy atom. The van der Waals surface area contributed by atoms with E-state index in [1.165, 1.54) is 13.3 Å². The lowest BCUT2D eigenvalue weighted by molar-refractivity contribution is -0.136. The Kier molecular flexibility index (Phi) is 9.48. The van der Waals surface area contributed by atoms with E-state index in [4.69, 9.17) is 32.7 Å². The molecule has 0 heterocycles. The number of amides is 3. The van der Waals surface area contributed by atoms with Crippen LogP contribution in [0.2, 0.25) is 10.0 Å². The number of hydrazone groups is 1. The molecule has 0 aromatic heterocycles. The molecule has 0 aliphatic heterocycles. The Hall–Kier alpha value is -4.08. The highest BCUT2D eigenvalue weighted by Crippen LogP contribution is 2.28. The van der Waals surface area contributed by atoms with Crippen LogP contribution in [0.25, 0.3) is 0 Å². The second-order valence-corrected chi connectivity index (χ2v) is 8.70. The van der Waals surface area contributed by atoms with E-state index in [2.05, 4.69) is 21.2 Å². The van der Waals surface area contributed by atoms with E-state index < -0.39 is 17.7 Å². The topological polar surface area (TPSA) is 118 Å². The van der Waals surface area contributed by atoms with Crippen LogP contribution >= 0.6 is 23.2 Å². The van der Waals surface area contributed by atoms with Crippen LogP contribution in [0, 0.1) is 13.8 Å². The summed E-state index contributed by atoms with van der Waals surface area (Å²) in [5.74, 6) is -1.53. The van der Waals surface area contributed by atoms with Gasteiger partial charge in [0.25, 0.3) is 5.91 Å². The number of rotatable bonds is 8. The Labute approximate surface area is 223 Å². The number of nitrogens with zero attached hydrogens (tertiary/aromatic N) is 1. The summed E-state index contributed by atoms with van der Waals surface area (Å²) >= 11 is 11.9. The standard InChI is InChI=1S/C26H24Cl2N4O5/c1-15-5-4-6-16(2)24(15)31-25(34)26(35)32-29-13-17-7-8-21(22(9-17)36-3)37-14-23(33)30-20-11-18(27)10-19(28)12-20/h4-13H,14H2,1-3H3,(H,30,33)(H,31,34)(H,32,35)/b29-13-. The third kappa shape index (κ3) is 7.96. The zero-order valence-corrected chi connectivity index (χ0v) is 21.7. The normalized spacial score (nSPS) is 10.6. The van der Waals surface area contributed by atoms with Crippen LogP contribution in [-0.2, 0) is 14.4 Å². The van der Waals surface area contributed by atoms with Crippen molar-refractivity contribution in [2.45, 2.75) is 13.8 Å². The van der Waals surface area contributed by atoms with Crippen LogP contribution in [-0.4, -0.2) is 37.7 Å². The molecule has 0 saturated carbocycles. The molecule has 0 aliphatic rings. The summed E-state index contributed by atoms with van der Waals surface area (Å²) in [7, 11) is 1.44. The quantitative estimate of drug-likeness (QED) is 0.216. The van der Waals surface area contributed by atoms with Crippen molar-refractivity contribution in [2.75, 3.05) is 24.4 Å². The van der Waals surface area contributed by atoms with Crippen LogP contribution < -0.4 is 25.5 Å². The van der Waals surface area contributed by atoms with Crippen LogP contribution in [0.4, 0.5) is 11.4 Å². The molecular weight excluding hydrogens is 519 g/mol. The summed E-state index contributed by atoms with van der Waals surface area (Å²) in [6.45, 7) is 3.38. The van der Waals surface area contributed by atoms with Crippen LogP contribution in [0.3, 0.4) is 0 Å². The van der Waals surface area contributed by atoms with E-state index in [1.54, 1.807) is 36.4 Å². The minimum absolute atomic E-state index is 0.292. The number of aryl methyl sites for hydroxylation is 2. The van der Waals surface area contributed by atoms with Crippen LogP contribution in [0.5, 0.6) is 11.5 Å². The van der Waals surface area contributed by atoms with Crippen molar-refractivity contribution in [3.8, 4) is 11.5 Å². The summed E-state index contributed by atoms with van der Waals surface area (Å²) in [6, 6.07) is 15.0. The fourth-order valence-corrected chi connectivity index (χ4v) is 3.77. The van der Waals surface area contributed by atoms with Gasteiger partial charge in [-0.3, -0.25) is 14.4 Å². The van der Waals surface area contributed by atoms with Gasteiger partial charge in [-0.15, -0.1) is 0 Å². The number of hydrogen-bond acceptors (Lipinski definition) is 6. The highest BCUT2D eigenvalue weighted by atomic mass is 35.5. The maximum absolute atomic E-state index is 12.2. The molecule has 3 N–H and O–H groups in total. The maximum Gasteiger partial charge on any atom is 0.329 e. The zero-order valence-electron chi connectivity index (χ0n) is 20.2. The van der Waals surface area contributed by atoms with E-state index in [1.807, 2.05) is 32.0 Å². The van der Waals surface area contributed by atoms with Gasteiger partial charge in [-0.2, -0.15) is 5.10 Å². The average Bonchev–Trinajstić information content (AvgIpc) is 2.84. The van der Waals surface area contributed by atoms with Gasteiger partial charge in [0.1, 0.15) is 0 Å². The molecule has 0 unspecified atom stereocenters. The van der Waals surface area contributed by atoms with Crippen molar-refractivity contribution in [3.63, 3.8) is 0 Å². The molecule has 192 valence electrons. The lowest BCUT2D eigenvalue weighted by atomic mass is 10.1. The van der Waals surface area contributed by atoms with Gasteiger partial charge >= 0.3 is 11.8 Å². The molecule has 0 atom stereocenters. The first-order valence-corrected chi connectivity index (χ1v) is 11.7. The number of methoxy groups -OCH3 is 1. The molecule has 0 radical (unpaired) electrons. The Balaban J connectivity index is 1.55. The average molecular weight is 543 g/mol. The van der Waals surface area contributed by atoms with Gasteiger partial charge in [-0.1, -0.05) is 41.4 Å². The molecule has 11 heteroatoms.